The van der Waals surface area contributed by atoms with E-state index in [1.54, 1.807) is 0 Å². The molecule has 1 heteroatoms. The zero-order chi connectivity index (χ0) is 7.98. The maximum atomic E-state index is 4.27. The Bertz CT molecular complexity index is 132. The standard InChI is InChI=1S/C9H17N/c1-5-9(6-2)7-10-8(3)4/h5,7-8H,6H2,1-4H3/b9-5-,10-7?. The highest BCUT2D eigenvalue weighted by atomic mass is 14.7. The van der Waals surface area contributed by atoms with Crippen molar-refractivity contribution in [2.75, 3.05) is 0 Å². The molecule has 0 aliphatic rings. The van der Waals surface area contributed by atoms with E-state index in [0.717, 1.165) is 6.42 Å². The minimum Gasteiger partial charge on any atom is -0.290 e. The lowest BCUT2D eigenvalue weighted by molar-refractivity contribution is 0.839. The van der Waals surface area contributed by atoms with Crippen LogP contribution in [0.3, 0.4) is 0 Å². The lowest BCUT2D eigenvalue weighted by Gasteiger charge is -1.96. The van der Waals surface area contributed by atoms with Crippen molar-refractivity contribution in [3.8, 4) is 0 Å². The third-order valence-corrected chi connectivity index (χ3v) is 1.32. The predicted molar refractivity (Wildman–Crippen MR) is 47.7 cm³/mol. The zero-order valence-corrected chi connectivity index (χ0v) is 7.39. The minimum absolute atomic E-state index is 0.418. The molecule has 0 radical (unpaired) electrons. The van der Waals surface area contributed by atoms with E-state index < -0.39 is 0 Å². The van der Waals surface area contributed by atoms with Crippen molar-refractivity contribution >= 4 is 6.21 Å². The van der Waals surface area contributed by atoms with Crippen molar-refractivity contribution in [3.05, 3.63) is 11.6 Å². The summed E-state index contributed by atoms with van der Waals surface area (Å²) in [6.07, 6.45) is 5.14. The molecule has 0 atom stereocenters. The van der Waals surface area contributed by atoms with E-state index in [1.807, 2.05) is 13.1 Å². The lowest BCUT2D eigenvalue weighted by atomic mass is 10.2. The molecular weight excluding hydrogens is 122 g/mol. The molecule has 0 aromatic carbocycles. The molecule has 1 nitrogen and oxygen atoms in total. The second-order valence-electron chi connectivity index (χ2n) is 2.59. The van der Waals surface area contributed by atoms with Gasteiger partial charge in [-0.2, -0.15) is 0 Å². The van der Waals surface area contributed by atoms with E-state index in [0.29, 0.717) is 6.04 Å². The number of aliphatic imine (C=N–C) groups is 1. The summed E-state index contributed by atoms with van der Waals surface area (Å²) in [5, 5.41) is 0. The Morgan fingerprint density at radius 3 is 2.40 bits per heavy atom. The topological polar surface area (TPSA) is 12.4 Å². The minimum atomic E-state index is 0.418. The lowest BCUT2D eigenvalue weighted by Crippen LogP contribution is -1.90. The quantitative estimate of drug-likeness (QED) is 0.533. The molecule has 0 heterocycles. The van der Waals surface area contributed by atoms with Crippen LogP contribution in [0.1, 0.15) is 34.1 Å². The van der Waals surface area contributed by atoms with Crippen molar-refractivity contribution in [2.45, 2.75) is 40.2 Å². The Labute approximate surface area is 63.9 Å². The van der Waals surface area contributed by atoms with Gasteiger partial charge in [0.2, 0.25) is 0 Å². The van der Waals surface area contributed by atoms with Gasteiger partial charge in [-0.3, -0.25) is 4.99 Å². The summed E-state index contributed by atoms with van der Waals surface area (Å²) in [5.41, 5.74) is 1.31. The summed E-state index contributed by atoms with van der Waals surface area (Å²) in [4.78, 5) is 4.27. The van der Waals surface area contributed by atoms with Gasteiger partial charge >= 0.3 is 0 Å². The van der Waals surface area contributed by atoms with Crippen molar-refractivity contribution in [2.24, 2.45) is 4.99 Å². The molecule has 0 aliphatic heterocycles. The summed E-state index contributed by atoms with van der Waals surface area (Å²) < 4.78 is 0. The SMILES string of the molecule is C/C=C(\C=NC(C)C)CC. The van der Waals surface area contributed by atoms with Crippen molar-refractivity contribution in [3.63, 3.8) is 0 Å². The fourth-order valence-corrected chi connectivity index (χ4v) is 0.615. The zero-order valence-electron chi connectivity index (χ0n) is 7.39. The van der Waals surface area contributed by atoms with Crippen LogP contribution in [0.25, 0.3) is 0 Å². The molecule has 0 bridgehead atoms. The molecule has 0 N–H and O–H groups in total. The number of rotatable bonds is 3. The molecule has 0 spiro atoms. The summed E-state index contributed by atoms with van der Waals surface area (Å²) in [6, 6.07) is 0.418. The Morgan fingerprint density at radius 1 is 1.50 bits per heavy atom. The van der Waals surface area contributed by atoms with Crippen molar-refractivity contribution in [1.29, 1.82) is 0 Å². The van der Waals surface area contributed by atoms with Gasteiger partial charge in [-0.15, -0.1) is 0 Å². The first-order chi connectivity index (χ1) is 4.70. The van der Waals surface area contributed by atoms with E-state index in [-0.39, 0.29) is 0 Å². The maximum absolute atomic E-state index is 4.27. The van der Waals surface area contributed by atoms with E-state index in [1.165, 1.54) is 5.57 Å². The van der Waals surface area contributed by atoms with Crippen LogP contribution in [0.2, 0.25) is 0 Å². The molecule has 0 fully saturated rings. The number of nitrogens with zero attached hydrogens (tertiary/aromatic N) is 1. The van der Waals surface area contributed by atoms with Crippen LogP contribution in [0.5, 0.6) is 0 Å². The second kappa shape index (κ2) is 5.21. The maximum Gasteiger partial charge on any atom is 0.0443 e. The van der Waals surface area contributed by atoms with Crippen LogP contribution in [0, 0.1) is 0 Å². The summed E-state index contributed by atoms with van der Waals surface area (Å²) in [5.74, 6) is 0. The first-order valence-corrected chi connectivity index (χ1v) is 3.89. The Morgan fingerprint density at radius 2 is 2.10 bits per heavy atom. The van der Waals surface area contributed by atoms with E-state index >= 15 is 0 Å². The highest BCUT2D eigenvalue weighted by Crippen LogP contribution is 1.96. The van der Waals surface area contributed by atoms with E-state index in [9.17, 15) is 0 Å². The van der Waals surface area contributed by atoms with Crippen LogP contribution >= 0.6 is 0 Å². The molecule has 0 unspecified atom stereocenters. The summed E-state index contributed by atoms with van der Waals surface area (Å²) in [7, 11) is 0. The van der Waals surface area contributed by atoms with Crippen LogP contribution in [-0.2, 0) is 0 Å². The normalized spacial score (nSPS) is 13.5. The van der Waals surface area contributed by atoms with E-state index in [4.69, 9.17) is 0 Å². The van der Waals surface area contributed by atoms with Gasteiger partial charge in [0, 0.05) is 12.3 Å². The fraction of sp³-hybridized carbons (Fsp3) is 0.667. The molecule has 0 saturated carbocycles. The predicted octanol–water partition coefficient (Wildman–Crippen LogP) is 2.82. The van der Waals surface area contributed by atoms with Crippen LogP contribution in [0.15, 0.2) is 16.6 Å². The Hall–Kier alpha value is -0.590. The smallest absolute Gasteiger partial charge is 0.0443 e. The van der Waals surface area contributed by atoms with Crippen LogP contribution in [-0.4, -0.2) is 12.3 Å². The van der Waals surface area contributed by atoms with Gasteiger partial charge in [-0.1, -0.05) is 13.0 Å². The van der Waals surface area contributed by atoms with Gasteiger partial charge in [0.15, 0.2) is 0 Å². The summed E-state index contributed by atoms with van der Waals surface area (Å²) >= 11 is 0. The molecule has 0 aliphatic carbocycles. The molecule has 0 amide bonds. The monoisotopic (exact) mass is 139 g/mol. The van der Waals surface area contributed by atoms with Gasteiger partial charge in [0.25, 0.3) is 0 Å². The third kappa shape index (κ3) is 4.30. The number of hydrogen-bond acceptors (Lipinski definition) is 1. The first kappa shape index (κ1) is 9.41. The molecule has 10 heavy (non-hydrogen) atoms. The van der Waals surface area contributed by atoms with Crippen molar-refractivity contribution in [1.82, 2.24) is 0 Å². The average molecular weight is 139 g/mol. The van der Waals surface area contributed by atoms with Crippen molar-refractivity contribution < 1.29 is 0 Å². The number of hydrogen-bond donors (Lipinski definition) is 0. The Balaban J connectivity index is 3.86. The van der Waals surface area contributed by atoms with E-state index in [2.05, 4.69) is 31.8 Å². The largest absolute Gasteiger partial charge is 0.290 e. The van der Waals surface area contributed by atoms with Gasteiger partial charge < -0.3 is 0 Å². The highest BCUT2D eigenvalue weighted by molar-refractivity contribution is 5.78. The summed E-state index contributed by atoms with van der Waals surface area (Å²) in [6.45, 7) is 8.35. The molecule has 0 rings (SSSR count). The molecule has 0 saturated heterocycles. The Kier molecular flexibility index (Phi) is 4.91. The fourth-order valence-electron chi connectivity index (χ4n) is 0.615. The van der Waals surface area contributed by atoms with Gasteiger partial charge in [0.1, 0.15) is 0 Å². The van der Waals surface area contributed by atoms with Gasteiger partial charge in [0.05, 0.1) is 0 Å². The molecule has 0 aromatic heterocycles. The van der Waals surface area contributed by atoms with Gasteiger partial charge in [-0.25, -0.2) is 0 Å². The van der Waals surface area contributed by atoms with Crippen LogP contribution in [0.4, 0.5) is 0 Å². The van der Waals surface area contributed by atoms with Gasteiger partial charge in [-0.05, 0) is 32.8 Å². The molecular formula is C9H17N. The van der Waals surface area contributed by atoms with Crippen LogP contribution < -0.4 is 0 Å². The molecule has 0 aromatic rings. The first-order valence-electron chi connectivity index (χ1n) is 3.89. The average Bonchev–Trinajstić information content (AvgIpc) is 1.90. The second-order valence-corrected chi connectivity index (χ2v) is 2.59. The third-order valence-electron chi connectivity index (χ3n) is 1.32. The number of allylic oxidation sites excluding steroid dienone is 2. The molecule has 58 valence electrons. The highest BCUT2D eigenvalue weighted by Gasteiger charge is 1.86.